The van der Waals surface area contributed by atoms with Gasteiger partial charge in [-0.25, -0.2) is 4.98 Å². The van der Waals surface area contributed by atoms with Crippen LogP contribution in [0.15, 0.2) is 49.7 Å². The third-order valence-corrected chi connectivity index (χ3v) is 6.51. The van der Waals surface area contributed by atoms with Gasteiger partial charge in [-0.3, -0.25) is 19.3 Å². The second-order valence-electron chi connectivity index (χ2n) is 8.89. The molecule has 5 rings (SSSR count). The maximum atomic E-state index is 12.5. The van der Waals surface area contributed by atoms with E-state index in [1.54, 1.807) is 4.90 Å². The van der Waals surface area contributed by atoms with E-state index in [0.29, 0.717) is 37.7 Å². The van der Waals surface area contributed by atoms with Crippen molar-refractivity contribution >= 4 is 40.9 Å². The van der Waals surface area contributed by atoms with Crippen LogP contribution < -0.4 is 25.6 Å². The molecule has 11 nitrogen and oxygen atoms in total. The molecule has 1 atom stereocenters. The fourth-order valence-corrected chi connectivity index (χ4v) is 4.58. The Morgan fingerprint density at radius 3 is 2.69 bits per heavy atom. The molecule has 0 bridgehead atoms. The van der Waals surface area contributed by atoms with Crippen molar-refractivity contribution in [2.24, 2.45) is 5.73 Å². The van der Waals surface area contributed by atoms with Crippen LogP contribution in [0, 0.1) is 0 Å². The molecule has 11 heteroatoms. The van der Waals surface area contributed by atoms with E-state index in [1.165, 1.54) is 23.2 Å². The number of nitrogens with two attached hydrogens (primary N) is 1. The van der Waals surface area contributed by atoms with Crippen molar-refractivity contribution in [2.45, 2.75) is 24.9 Å². The number of piperazine rings is 1. The SMILES string of the molecule is C=CC(=O)N1CCN2c3ccc(Nc4ncc(C(N)=O)c(N(C(=O)C=C)C5CC5)n4)cc3OC[C@H]2C1. The van der Waals surface area contributed by atoms with Crippen LogP contribution in [0.5, 0.6) is 5.75 Å². The number of benzene rings is 1. The summed E-state index contributed by atoms with van der Waals surface area (Å²) < 4.78 is 6.02. The summed E-state index contributed by atoms with van der Waals surface area (Å²) in [4.78, 5) is 50.7. The van der Waals surface area contributed by atoms with Gasteiger partial charge in [0, 0.05) is 43.6 Å². The van der Waals surface area contributed by atoms with Crippen molar-refractivity contribution in [1.82, 2.24) is 14.9 Å². The molecule has 36 heavy (non-hydrogen) atoms. The van der Waals surface area contributed by atoms with Gasteiger partial charge >= 0.3 is 0 Å². The van der Waals surface area contributed by atoms with E-state index in [9.17, 15) is 14.4 Å². The van der Waals surface area contributed by atoms with Crippen LogP contribution in [0.2, 0.25) is 0 Å². The minimum absolute atomic E-state index is 0.0521. The Morgan fingerprint density at radius 1 is 1.19 bits per heavy atom. The molecule has 1 saturated carbocycles. The predicted molar refractivity (Wildman–Crippen MR) is 134 cm³/mol. The topological polar surface area (TPSA) is 134 Å². The van der Waals surface area contributed by atoms with Crippen molar-refractivity contribution in [3.63, 3.8) is 0 Å². The van der Waals surface area contributed by atoms with Gasteiger partial charge in [-0.05, 0) is 37.1 Å². The molecular formula is C25H27N7O4. The van der Waals surface area contributed by atoms with E-state index in [2.05, 4.69) is 33.3 Å². The summed E-state index contributed by atoms with van der Waals surface area (Å²) in [7, 11) is 0. The van der Waals surface area contributed by atoms with Crippen molar-refractivity contribution in [3.05, 3.63) is 55.3 Å². The summed E-state index contributed by atoms with van der Waals surface area (Å²) in [5.74, 6) is -0.0621. The highest BCUT2D eigenvalue weighted by Gasteiger charge is 2.36. The summed E-state index contributed by atoms with van der Waals surface area (Å²) in [6.45, 7) is 9.47. The van der Waals surface area contributed by atoms with Gasteiger partial charge in [-0.2, -0.15) is 4.98 Å². The van der Waals surface area contributed by atoms with Gasteiger partial charge in [-0.15, -0.1) is 0 Å². The zero-order valence-corrected chi connectivity index (χ0v) is 19.7. The molecule has 1 aromatic heterocycles. The first-order valence-electron chi connectivity index (χ1n) is 11.7. The Morgan fingerprint density at radius 2 is 2.00 bits per heavy atom. The lowest BCUT2D eigenvalue weighted by Gasteiger charge is -2.45. The Bertz CT molecular complexity index is 1260. The highest BCUT2D eigenvalue weighted by atomic mass is 16.5. The molecule has 0 unspecified atom stereocenters. The summed E-state index contributed by atoms with van der Waals surface area (Å²) in [5, 5.41) is 3.13. The first kappa shape index (κ1) is 23.3. The number of amides is 3. The minimum Gasteiger partial charge on any atom is -0.489 e. The van der Waals surface area contributed by atoms with E-state index in [1.807, 2.05) is 18.2 Å². The maximum Gasteiger partial charge on any atom is 0.254 e. The fraction of sp³-hybridized carbons (Fsp3) is 0.320. The number of ether oxygens (including phenoxy) is 1. The van der Waals surface area contributed by atoms with Gasteiger partial charge in [0.2, 0.25) is 11.9 Å². The summed E-state index contributed by atoms with van der Waals surface area (Å²) in [5.41, 5.74) is 7.22. The number of fused-ring (bicyclic) bond motifs is 3. The second-order valence-corrected chi connectivity index (χ2v) is 8.89. The average molecular weight is 490 g/mol. The molecule has 2 fully saturated rings. The molecule has 186 valence electrons. The number of primary amides is 1. The lowest BCUT2D eigenvalue weighted by atomic mass is 10.1. The number of nitrogens with zero attached hydrogens (tertiary/aromatic N) is 5. The Hall–Kier alpha value is -4.41. The number of nitrogens with one attached hydrogen (secondary N) is 1. The molecule has 3 heterocycles. The lowest BCUT2D eigenvalue weighted by Crippen LogP contribution is -2.58. The fourth-order valence-electron chi connectivity index (χ4n) is 4.58. The molecule has 0 radical (unpaired) electrons. The van der Waals surface area contributed by atoms with Gasteiger partial charge in [-0.1, -0.05) is 13.2 Å². The van der Waals surface area contributed by atoms with Crippen molar-refractivity contribution in [1.29, 1.82) is 0 Å². The van der Waals surface area contributed by atoms with Crippen LogP contribution in [0.25, 0.3) is 0 Å². The quantitative estimate of drug-likeness (QED) is 0.560. The number of rotatable bonds is 7. The van der Waals surface area contributed by atoms with E-state index in [4.69, 9.17) is 10.5 Å². The van der Waals surface area contributed by atoms with Crippen molar-refractivity contribution in [3.8, 4) is 5.75 Å². The van der Waals surface area contributed by atoms with Crippen LogP contribution in [-0.4, -0.2) is 70.9 Å². The number of aromatic nitrogens is 2. The van der Waals surface area contributed by atoms with E-state index in [-0.39, 0.29) is 41.2 Å². The Balaban J connectivity index is 1.38. The van der Waals surface area contributed by atoms with Gasteiger partial charge in [0.05, 0.1) is 11.7 Å². The molecule has 3 N–H and O–H groups in total. The van der Waals surface area contributed by atoms with Gasteiger partial charge in [0.15, 0.2) is 5.82 Å². The van der Waals surface area contributed by atoms with Crippen LogP contribution in [0.4, 0.5) is 23.1 Å². The summed E-state index contributed by atoms with van der Waals surface area (Å²) in [6.07, 6.45) is 5.47. The lowest BCUT2D eigenvalue weighted by molar-refractivity contribution is -0.127. The molecule has 3 aliphatic rings. The zero-order valence-electron chi connectivity index (χ0n) is 19.7. The number of carbonyl (C=O) groups is 3. The number of carbonyl (C=O) groups excluding carboxylic acids is 3. The average Bonchev–Trinajstić information content (AvgIpc) is 3.72. The van der Waals surface area contributed by atoms with Crippen LogP contribution in [-0.2, 0) is 9.59 Å². The third kappa shape index (κ3) is 4.35. The molecule has 1 aliphatic carbocycles. The maximum absolute atomic E-state index is 12.5. The standard InChI is InChI=1S/C25H27N7O4/c1-3-21(33)30-9-10-31-17(13-30)14-36-20-11-15(5-8-19(20)31)28-25-27-12-18(23(26)35)24(29-25)32(16-6-7-16)22(34)4-2/h3-5,8,11-12,16-17H,1-2,6-7,9-10,13-14H2,(H2,26,35)(H,27,28,29)/t17-/m1/s1. The first-order valence-corrected chi connectivity index (χ1v) is 11.7. The van der Waals surface area contributed by atoms with E-state index in [0.717, 1.165) is 18.5 Å². The zero-order chi connectivity index (χ0) is 25.4. The van der Waals surface area contributed by atoms with Crippen LogP contribution in [0.1, 0.15) is 23.2 Å². The molecular weight excluding hydrogens is 462 g/mol. The molecule has 3 amide bonds. The molecule has 1 aromatic carbocycles. The van der Waals surface area contributed by atoms with Gasteiger partial charge in [0.1, 0.15) is 17.9 Å². The first-order chi connectivity index (χ1) is 17.4. The predicted octanol–water partition coefficient (Wildman–Crippen LogP) is 1.60. The van der Waals surface area contributed by atoms with Gasteiger partial charge in [0.25, 0.3) is 11.8 Å². The van der Waals surface area contributed by atoms with Crippen LogP contribution >= 0.6 is 0 Å². The van der Waals surface area contributed by atoms with E-state index >= 15 is 0 Å². The largest absolute Gasteiger partial charge is 0.489 e. The van der Waals surface area contributed by atoms with Crippen molar-refractivity contribution in [2.75, 3.05) is 41.4 Å². The summed E-state index contributed by atoms with van der Waals surface area (Å²) in [6, 6.07) is 5.70. The number of hydrogen-bond donors (Lipinski definition) is 2. The number of hydrogen-bond acceptors (Lipinski definition) is 8. The van der Waals surface area contributed by atoms with Crippen LogP contribution in [0.3, 0.4) is 0 Å². The molecule has 0 spiro atoms. The second kappa shape index (κ2) is 9.33. The minimum atomic E-state index is -0.717. The number of anilines is 4. The summed E-state index contributed by atoms with van der Waals surface area (Å²) >= 11 is 0. The van der Waals surface area contributed by atoms with Gasteiger partial charge < -0.3 is 25.6 Å². The van der Waals surface area contributed by atoms with E-state index < -0.39 is 5.91 Å². The highest BCUT2D eigenvalue weighted by molar-refractivity contribution is 6.07. The Labute approximate surface area is 208 Å². The smallest absolute Gasteiger partial charge is 0.254 e. The molecule has 2 aliphatic heterocycles. The monoisotopic (exact) mass is 489 g/mol. The normalized spacial score (nSPS) is 18.3. The molecule has 1 saturated heterocycles. The Kier molecular flexibility index (Phi) is 6.05. The molecule has 2 aromatic rings. The highest BCUT2D eigenvalue weighted by Crippen LogP contribution is 2.38. The third-order valence-electron chi connectivity index (χ3n) is 6.51. The van der Waals surface area contributed by atoms with Crippen molar-refractivity contribution < 1.29 is 19.1 Å².